The van der Waals surface area contributed by atoms with E-state index in [-0.39, 0.29) is 11.5 Å². The Labute approximate surface area is 109 Å². The highest BCUT2D eigenvalue weighted by atomic mass is 19.1. The number of halogens is 2. The van der Waals surface area contributed by atoms with Gasteiger partial charge in [0, 0.05) is 18.2 Å². The number of carbonyl (C=O) groups is 2. The van der Waals surface area contributed by atoms with Crippen molar-refractivity contribution < 1.29 is 18.4 Å². The molecule has 0 aliphatic carbocycles. The average molecular weight is 268 g/mol. The first kappa shape index (κ1) is 13.5. The number of carbonyl (C=O) groups excluding carboxylic acids is 2. The minimum Gasteiger partial charge on any atom is -0.354 e. The van der Waals surface area contributed by atoms with E-state index in [1.54, 1.807) is 0 Å². The highest BCUT2D eigenvalue weighted by Gasteiger charge is 2.23. The van der Waals surface area contributed by atoms with Crippen LogP contribution >= 0.6 is 0 Å². The lowest BCUT2D eigenvalue weighted by Gasteiger charge is -2.15. The summed E-state index contributed by atoms with van der Waals surface area (Å²) in [5.74, 6) is -2.56. The lowest BCUT2D eigenvalue weighted by atomic mass is 10.1. The summed E-state index contributed by atoms with van der Waals surface area (Å²) in [5, 5.41) is 5.17. The molecule has 1 unspecified atom stereocenters. The molecule has 19 heavy (non-hydrogen) atoms. The number of hydrogen-bond acceptors (Lipinski definition) is 2. The summed E-state index contributed by atoms with van der Waals surface area (Å²) >= 11 is 0. The molecule has 1 atom stereocenters. The number of benzene rings is 1. The third-order valence-electron chi connectivity index (χ3n) is 2.97. The second kappa shape index (κ2) is 5.77. The maximum atomic E-state index is 13.0. The number of amides is 2. The summed E-state index contributed by atoms with van der Waals surface area (Å²) in [6.07, 6.45) is 2.18. The van der Waals surface area contributed by atoms with Crippen molar-refractivity contribution in [3.63, 3.8) is 0 Å². The van der Waals surface area contributed by atoms with Crippen LogP contribution in [0, 0.1) is 11.6 Å². The van der Waals surface area contributed by atoms with Crippen molar-refractivity contribution in [2.75, 3.05) is 6.54 Å². The standard InChI is InChI=1S/C13H14F2N2O2/c14-9-5-8(6-10(15)7-9)12(18)17-11-3-1-2-4-16-13(11)19/h5-7,11H,1-4H2,(H,16,19)(H,17,18). The summed E-state index contributed by atoms with van der Waals surface area (Å²) in [6.45, 7) is 0.583. The van der Waals surface area contributed by atoms with Crippen molar-refractivity contribution in [1.29, 1.82) is 0 Å². The molecule has 2 N–H and O–H groups in total. The Bertz CT molecular complexity index is 485. The van der Waals surface area contributed by atoms with Gasteiger partial charge in [0.05, 0.1) is 0 Å². The highest BCUT2D eigenvalue weighted by Crippen LogP contribution is 2.10. The van der Waals surface area contributed by atoms with E-state index in [0.717, 1.165) is 25.0 Å². The molecule has 1 aromatic carbocycles. The van der Waals surface area contributed by atoms with Crippen LogP contribution < -0.4 is 10.6 Å². The van der Waals surface area contributed by atoms with E-state index >= 15 is 0 Å². The van der Waals surface area contributed by atoms with Gasteiger partial charge < -0.3 is 10.6 Å². The molecule has 1 heterocycles. The van der Waals surface area contributed by atoms with Gasteiger partial charge in [-0.1, -0.05) is 0 Å². The van der Waals surface area contributed by atoms with Gasteiger partial charge in [-0.05, 0) is 31.4 Å². The van der Waals surface area contributed by atoms with Crippen LogP contribution in [0.3, 0.4) is 0 Å². The quantitative estimate of drug-likeness (QED) is 0.851. The fourth-order valence-corrected chi connectivity index (χ4v) is 2.00. The van der Waals surface area contributed by atoms with Gasteiger partial charge in [0.15, 0.2) is 0 Å². The lowest BCUT2D eigenvalue weighted by Crippen LogP contribution is -2.45. The van der Waals surface area contributed by atoms with Crippen molar-refractivity contribution >= 4 is 11.8 Å². The summed E-state index contributed by atoms with van der Waals surface area (Å²) in [7, 11) is 0. The van der Waals surface area contributed by atoms with Gasteiger partial charge in [-0.25, -0.2) is 8.78 Å². The van der Waals surface area contributed by atoms with Crippen LogP contribution in [-0.2, 0) is 4.79 Å². The zero-order valence-corrected chi connectivity index (χ0v) is 10.2. The van der Waals surface area contributed by atoms with Gasteiger partial charge in [0.25, 0.3) is 5.91 Å². The van der Waals surface area contributed by atoms with Crippen molar-refractivity contribution in [2.24, 2.45) is 0 Å². The van der Waals surface area contributed by atoms with Gasteiger partial charge in [0.1, 0.15) is 17.7 Å². The minimum atomic E-state index is -0.824. The zero-order chi connectivity index (χ0) is 13.8. The molecular formula is C13H14F2N2O2. The maximum Gasteiger partial charge on any atom is 0.252 e. The van der Waals surface area contributed by atoms with Crippen LogP contribution in [0.1, 0.15) is 29.6 Å². The first-order chi connectivity index (χ1) is 9.06. The molecule has 1 saturated heterocycles. The number of rotatable bonds is 2. The van der Waals surface area contributed by atoms with Crippen LogP contribution in [0.2, 0.25) is 0 Å². The smallest absolute Gasteiger partial charge is 0.252 e. The molecule has 2 rings (SSSR count). The Kier molecular flexibility index (Phi) is 4.09. The predicted octanol–water partition coefficient (Wildman–Crippen LogP) is 1.36. The van der Waals surface area contributed by atoms with E-state index < -0.39 is 23.6 Å². The van der Waals surface area contributed by atoms with Gasteiger partial charge >= 0.3 is 0 Å². The zero-order valence-electron chi connectivity index (χ0n) is 10.2. The molecule has 1 aliphatic heterocycles. The van der Waals surface area contributed by atoms with E-state index in [2.05, 4.69) is 10.6 Å². The first-order valence-electron chi connectivity index (χ1n) is 6.11. The van der Waals surface area contributed by atoms with Crippen LogP contribution in [0.15, 0.2) is 18.2 Å². The molecule has 0 bridgehead atoms. The fourth-order valence-electron chi connectivity index (χ4n) is 2.00. The van der Waals surface area contributed by atoms with Crippen molar-refractivity contribution in [3.05, 3.63) is 35.4 Å². The molecule has 1 aliphatic rings. The second-order valence-corrected chi connectivity index (χ2v) is 4.47. The molecular weight excluding hydrogens is 254 g/mol. The Hall–Kier alpha value is -1.98. The van der Waals surface area contributed by atoms with E-state index in [1.165, 1.54) is 0 Å². The van der Waals surface area contributed by atoms with Crippen LogP contribution in [-0.4, -0.2) is 24.4 Å². The summed E-state index contributed by atoms with van der Waals surface area (Å²) in [5.41, 5.74) is -0.130. The molecule has 6 heteroatoms. The fraction of sp³-hybridized carbons (Fsp3) is 0.385. The van der Waals surface area contributed by atoms with Crippen LogP contribution in [0.25, 0.3) is 0 Å². The monoisotopic (exact) mass is 268 g/mol. The SMILES string of the molecule is O=C(NC1CCCCNC1=O)c1cc(F)cc(F)c1. The molecule has 0 aromatic heterocycles. The summed E-state index contributed by atoms with van der Waals surface area (Å²) < 4.78 is 26.0. The van der Waals surface area contributed by atoms with E-state index in [0.29, 0.717) is 19.0 Å². The predicted molar refractivity (Wildman–Crippen MR) is 64.5 cm³/mol. The van der Waals surface area contributed by atoms with E-state index in [9.17, 15) is 18.4 Å². The molecule has 0 radical (unpaired) electrons. The third-order valence-corrected chi connectivity index (χ3v) is 2.97. The van der Waals surface area contributed by atoms with Gasteiger partial charge in [-0.15, -0.1) is 0 Å². The lowest BCUT2D eigenvalue weighted by molar-refractivity contribution is -0.122. The Morgan fingerprint density at radius 3 is 2.58 bits per heavy atom. The molecule has 1 aromatic rings. The van der Waals surface area contributed by atoms with E-state index in [4.69, 9.17) is 0 Å². The molecule has 0 spiro atoms. The van der Waals surface area contributed by atoms with E-state index in [1.807, 2.05) is 0 Å². The van der Waals surface area contributed by atoms with Gasteiger partial charge in [-0.2, -0.15) is 0 Å². The van der Waals surface area contributed by atoms with Crippen LogP contribution in [0.4, 0.5) is 8.78 Å². The first-order valence-corrected chi connectivity index (χ1v) is 6.11. The minimum absolute atomic E-state index is 0.130. The van der Waals surface area contributed by atoms with Gasteiger partial charge in [-0.3, -0.25) is 9.59 Å². The van der Waals surface area contributed by atoms with Crippen LogP contribution in [0.5, 0.6) is 0 Å². The Morgan fingerprint density at radius 2 is 1.89 bits per heavy atom. The number of nitrogens with one attached hydrogen (secondary N) is 2. The van der Waals surface area contributed by atoms with Crippen molar-refractivity contribution in [2.45, 2.75) is 25.3 Å². The molecule has 0 saturated carbocycles. The molecule has 4 nitrogen and oxygen atoms in total. The van der Waals surface area contributed by atoms with Gasteiger partial charge in [0.2, 0.25) is 5.91 Å². The largest absolute Gasteiger partial charge is 0.354 e. The number of hydrogen-bond donors (Lipinski definition) is 2. The third kappa shape index (κ3) is 3.49. The summed E-state index contributed by atoms with van der Waals surface area (Å²) in [6, 6.07) is 1.91. The topological polar surface area (TPSA) is 58.2 Å². The Morgan fingerprint density at radius 1 is 1.21 bits per heavy atom. The molecule has 2 amide bonds. The molecule has 1 fully saturated rings. The highest BCUT2D eigenvalue weighted by molar-refractivity contribution is 5.97. The van der Waals surface area contributed by atoms with Crippen molar-refractivity contribution in [1.82, 2.24) is 10.6 Å². The normalized spacial score (nSPS) is 19.5. The molecule has 102 valence electrons. The maximum absolute atomic E-state index is 13.0. The Balaban J connectivity index is 2.09. The second-order valence-electron chi connectivity index (χ2n) is 4.47. The average Bonchev–Trinajstić information content (AvgIpc) is 2.54. The summed E-state index contributed by atoms with van der Waals surface area (Å²) in [4.78, 5) is 23.5. The van der Waals surface area contributed by atoms with Crippen molar-refractivity contribution in [3.8, 4) is 0 Å².